The molecule has 0 heterocycles. The fraction of sp³-hybridized carbons (Fsp3) is 0.0769. The van der Waals surface area contributed by atoms with Crippen molar-refractivity contribution >= 4 is 10.8 Å². The molecule has 0 saturated heterocycles. The van der Waals surface area contributed by atoms with Gasteiger partial charge >= 0.3 is 0 Å². The van der Waals surface area contributed by atoms with E-state index in [2.05, 4.69) is 24.2 Å². The Labute approximate surface area is 83.3 Å². The molecule has 0 bridgehead atoms. The molecule has 14 heavy (non-hydrogen) atoms. The van der Waals surface area contributed by atoms with Crippen LogP contribution in [0.1, 0.15) is 6.92 Å². The molecule has 2 rings (SSSR count). The molecule has 0 N–H and O–H groups in total. The second-order valence-electron chi connectivity index (χ2n) is 2.96. The van der Waals surface area contributed by atoms with Crippen LogP contribution in [0.2, 0.25) is 0 Å². The first-order valence-electron chi connectivity index (χ1n) is 4.47. The van der Waals surface area contributed by atoms with Gasteiger partial charge in [0.1, 0.15) is 11.9 Å². The summed E-state index contributed by atoms with van der Waals surface area (Å²) >= 11 is 0. The molecule has 0 aliphatic carbocycles. The molecule has 1 heteroatoms. The van der Waals surface area contributed by atoms with Gasteiger partial charge in [0.05, 0.1) is 0 Å². The molecule has 0 aromatic heterocycles. The van der Waals surface area contributed by atoms with Gasteiger partial charge in [0.2, 0.25) is 0 Å². The van der Waals surface area contributed by atoms with Gasteiger partial charge in [-0.2, -0.15) is 0 Å². The van der Waals surface area contributed by atoms with E-state index in [0.29, 0.717) is 0 Å². The second kappa shape index (κ2) is 3.85. The van der Waals surface area contributed by atoms with Crippen LogP contribution in [-0.2, 0) is 0 Å². The Morgan fingerprint density at radius 1 is 1.00 bits per heavy atom. The zero-order valence-corrected chi connectivity index (χ0v) is 7.95. The zero-order chi connectivity index (χ0) is 9.80. The quantitative estimate of drug-likeness (QED) is 0.615. The Hall–Kier alpha value is -1.94. The highest BCUT2D eigenvalue weighted by Gasteiger charge is 1.94. The van der Waals surface area contributed by atoms with Gasteiger partial charge in [-0.1, -0.05) is 36.3 Å². The van der Waals surface area contributed by atoms with Crippen molar-refractivity contribution < 1.29 is 4.74 Å². The normalized spacial score (nSPS) is 9.21. The Morgan fingerprint density at radius 2 is 1.79 bits per heavy atom. The highest BCUT2D eigenvalue weighted by molar-refractivity contribution is 5.83. The molecule has 1 nitrogen and oxygen atoms in total. The van der Waals surface area contributed by atoms with Crippen molar-refractivity contribution in [2.75, 3.05) is 0 Å². The Morgan fingerprint density at radius 3 is 2.57 bits per heavy atom. The molecule has 0 aliphatic heterocycles. The standard InChI is InChI=1S/C13H10O/c1-2-9-14-13-8-7-11-5-3-4-6-12(11)10-13/h3-8,10H,1H3. The second-order valence-corrected chi connectivity index (χ2v) is 2.96. The fourth-order valence-electron chi connectivity index (χ4n) is 1.34. The van der Waals surface area contributed by atoms with Gasteiger partial charge in [0.25, 0.3) is 0 Å². The van der Waals surface area contributed by atoms with E-state index in [-0.39, 0.29) is 0 Å². The molecule has 0 saturated carbocycles. The number of hydrogen-bond acceptors (Lipinski definition) is 1. The molecule has 0 atom stereocenters. The lowest BCUT2D eigenvalue weighted by Crippen LogP contribution is -1.81. The van der Waals surface area contributed by atoms with E-state index >= 15 is 0 Å². The summed E-state index contributed by atoms with van der Waals surface area (Å²) in [5.74, 6) is 3.48. The topological polar surface area (TPSA) is 9.23 Å². The summed E-state index contributed by atoms with van der Waals surface area (Å²) in [7, 11) is 0. The fourth-order valence-corrected chi connectivity index (χ4v) is 1.34. The van der Waals surface area contributed by atoms with Crippen LogP contribution in [0.15, 0.2) is 42.5 Å². The monoisotopic (exact) mass is 182 g/mol. The molecule has 0 aliphatic rings. The van der Waals surface area contributed by atoms with E-state index in [1.54, 1.807) is 6.92 Å². The molecule has 2 aromatic rings. The minimum Gasteiger partial charge on any atom is -0.408 e. The first-order chi connectivity index (χ1) is 6.90. The van der Waals surface area contributed by atoms with Gasteiger partial charge in [-0.25, -0.2) is 0 Å². The van der Waals surface area contributed by atoms with Crippen molar-refractivity contribution in [3.63, 3.8) is 0 Å². The third-order valence-corrected chi connectivity index (χ3v) is 1.99. The van der Waals surface area contributed by atoms with Crippen LogP contribution in [0.4, 0.5) is 0 Å². The number of hydrogen-bond donors (Lipinski definition) is 0. The number of fused-ring (bicyclic) bond motifs is 1. The van der Waals surface area contributed by atoms with E-state index in [1.807, 2.05) is 30.3 Å². The predicted octanol–water partition coefficient (Wildman–Crippen LogP) is 3.20. The van der Waals surface area contributed by atoms with Crippen LogP contribution >= 0.6 is 0 Å². The van der Waals surface area contributed by atoms with Crippen molar-refractivity contribution in [2.24, 2.45) is 0 Å². The van der Waals surface area contributed by atoms with Gasteiger partial charge < -0.3 is 4.74 Å². The Kier molecular flexibility index (Phi) is 2.38. The maximum absolute atomic E-state index is 5.20. The summed E-state index contributed by atoms with van der Waals surface area (Å²) in [4.78, 5) is 0. The van der Waals surface area contributed by atoms with E-state index in [9.17, 15) is 0 Å². The molecule has 0 fully saturated rings. The summed E-state index contributed by atoms with van der Waals surface area (Å²) in [5, 5.41) is 2.38. The lowest BCUT2D eigenvalue weighted by molar-refractivity contribution is 0.520. The van der Waals surface area contributed by atoms with Crippen LogP contribution < -0.4 is 4.74 Å². The van der Waals surface area contributed by atoms with Crippen LogP contribution in [-0.4, -0.2) is 0 Å². The van der Waals surface area contributed by atoms with Gasteiger partial charge in [-0.15, -0.1) is 0 Å². The molecule has 68 valence electrons. The summed E-state index contributed by atoms with van der Waals surface area (Å²) < 4.78 is 5.20. The van der Waals surface area contributed by atoms with Gasteiger partial charge in [0.15, 0.2) is 0 Å². The largest absolute Gasteiger partial charge is 0.408 e. The lowest BCUT2D eigenvalue weighted by atomic mass is 10.1. The first kappa shape index (κ1) is 8.65. The minimum absolute atomic E-state index is 0.790. The third-order valence-electron chi connectivity index (χ3n) is 1.99. The average molecular weight is 182 g/mol. The third kappa shape index (κ3) is 1.70. The van der Waals surface area contributed by atoms with Crippen molar-refractivity contribution in [3.8, 4) is 17.8 Å². The van der Waals surface area contributed by atoms with Crippen molar-refractivity contribution in [2.45, 2.75) is 6.92 Å². The SMILES string of the molecule is CC#COc1ccc2ccccc2c1. The summed E-state index contributed by atoms with van der Waals surface area (Å²) in [6.07, 6.45) is 2.58. The van der Waals surface area contributed by atoms with Crippen LogP contribution in [0.5, 0.6) is 5.75 Å². The van der Waals surface area contributed by atoms with E-state index in [0.717, 1.165) is 5.75 Å². The van der Waals surface area contributed by atoms with Crippen LogP contribution in [0.25, 0.3) is 10.8 Å². The predicted molar refractivity (Wildman–Crippen MR) is 58.0 cm³/mol. The number of benzene rings is 2. The molecule has 2 aromatic carbocycles. The highest BCUT2D eigenvalue weighted by Crippen LogP contribution is 2.20. The number of ether oxygens (including phenoxy) is 1. The molecule has 0 radical (unpaired) electrons. The smallest absolute Gasteiger partial charge is 0.140 e. The highest BCUT2D eigenvalue weighted by atomic mass is 16.5. The van der Waals surface area contributed by atoms with Crippen molar-refractivity contribution in [3.05, 3.63) is 42.5 Å². The summed E-state index contributed by atoms with van der Waals surface area (Å²) in [6.45, 7) is 1.75. The Balaban J connectivity index is 2.44. The van der Waals surface area contributed by atoms with E-state index in [1.165, 1.54) is 10.8 Å². The molecule has 0 spiro atoms. The van der Waals surface area contributed by atoms with Gasteiger partial charge in [-0.05, 0) is 22.9 Å². The zero-order valence-electron chi connectivity index (χ0n) is 7.95. The van der Waals surface area contributed by atoms with Gasteiger partial charge in [-0.3, -0.25) is 0 Å². The van der Waals surface area contributed by atoms with E-state index in [4.69, 9.17) is 4.74 Å². The first-order valence-corrected chi connectivity index (χ1v) is 4.47. The minimum atomic E-state index is 0.790. The van der Waals surface area contributed by atoms with Crippen LogP contribution in [0, 0.1) is 12.0 Å². The van der Waals surface area contributed by atoms with Gasteiger partial charge in [0, 0.05) is 6.92 Å². The molecule has 0 amide bonds. The Bertz CT molecular complexity index is 503. The maximum Gasteiger partial charge on any atom is 0.140 e. The van der Waals surface area contributed by atoms with Crippen LogP contribution in [0.3, 0.4) is 0 Å². The summed E-state index contributed by atoms with van der Waals surface area (Å²) in [6, 6.07) is 14.1. The molecular weight excluding hydrogens is 172 g/mol. The summed E-state index contributed by atoms with van der Waals surface area (Å²) in [5.41, 5.74) is 0. The molecular formula is C13H10O. The number of rotatable bonds is 1. The van der Waals surface area contributed by atoms with E-state index < -0.39 is 0 Å². The van der Waals surface area contributed by atoms with Crippen molar-refractivity contribution in [1.82, 2.24) is 0 Å². The maximum atomic E-state index is 5.20. The average Bonchev–Trinajstić information content (AvgIpc) is 2.26. The lowest BCUT2D eigenvalue weighted by Gasteiger charge is -1.99. The molecule has 0 unspecified atom stereocenters. The van der Waals surface area contributed by atoms with Crippen molar-refractivity contribution in [1.29, 1.82) is 0 Å².